The molecule has 1 fully saturated rings. The van der Waals surface area contributed by atoms with Gasteiger partial charge in [-0.15, -0.1) is 0 Å². The number of methoxy groups -OCH3 is 1. The fourth-order valence-electron chi connectivity index (χ4n) is 1.62. The Morgan fingerprint density at radius 1 is 1.33 bits per heavy atom. The van der Waals surface area contributed by atoms with Gasteiger partial charge >= 0.3 is 0 Å². The van der Waals surface area contributed by atoms with E-state index in [-0.39, 0.29) is 0 Å². The predicted molar refractivity (Wildman–Crippen MR) is 47.8 cm³/mol. The van der Waals surface area contributed by atoms with Crippen LogP contribution in [0.2, 0.25) is 0 Å². The second kappa shape index (κ2) is 5.51. The second-order valence-corrected chi connectivity index (χ2v) is 3.57. The highest BCUT2D eigenvalue weighted by atomic mass is 16.7. The zero-order valence-electron chi connectivity index (χ0n) is 8.01. The molecule has 0 radical (unpaired) electrons. The summed E-state index contributed by atoms with van der Waals surface area (Å²) in [5.74, 6) is 0.855. The number of ether oxygens (including phenoxy) is 1. The quantitative estimate of drug-likeness (QED) is 0.503. The van der Waals surface area contributed by atoms with Crippen molar-refractivity contribution in [1.82, 2.24) is 5.48 Å². The molecule has 0 aromatic carbocycles. The molecule has 1 saturated carbocycles. The molecule has 2 atom stereocenters. The van der Waals surface area contributed by atoms with Crippen molar-refractivity contribution in [2.24, 2.45) is 5.92 Å². The monoisotopic (exact) mass is 173 g/mol. The molecule has 0 aromatic heterocycles. The van der Waals surface area contributed by atoms with Crippen LogP contribution in [0.1, 0.15) is 26.2 Å². The molecule has 1 aliphatic rings. The number of hydrogen-bond donors (Lipinski definition) is 1. The van der Waals surface area contributed by atoms with Crippen LogP contribution in [0.3, 0.4) is 0 Å². The maximum atomic E-state index is 5.23. The van der Waals surface area contributed by atoms with Crippen LogP contribution in [-0.2, 0) is 9.57 Å². The first kappa shape index (κ1) is 9.96. The lowest BCUT2D eigenvalue weighted by molar-refractivity contribution is -0.0111. The van der Waals surface area contributed by atoms with Gasteiger partial charge in [0.15, 0.2) is 0 Å². The zero-order valence-corrected chi connectivity index (χ0v) is 8.01. The Balaban J connectivity index is 1.93. The van der Waals surface area contributed by atoms with Gasteiger partial charge in [-0.2, -0.15) is 5.48 Å². The largest absolute Gasteiger partial charge is 0.382 e. The second-order valence-electron chi connectivity index (χ2n) is 3.57. The molecule has 1 aliphatic carbocycles. The van der Waals surface area contributed by atoms with Gasteiger partial charge in [0.2, 0.25) is 0 Å². The molecule has 0 spiro atoms. The standard InChI is InChI=1S/C9H19NO2/c1-8-3-4-9(7-8)10-12-6-5-11-2/h8-10H,3-7H2,1-2H3. The van der Waals surface area contributed by atoms with Crippen molar-refractivity contribution < 1.29 is 9.57 Å². The molecule has 1 rings (SSSR count). The molecule has 3 nitrogen and oxygen atoms in total. The third-order valence-electron chi connectivity index (χ3n) is 2.33. The van der Waals surface area contributed by atoms with Crippen LogP contribution in [-0.4, -0.2) is 26.4 Å². The van der Waals surface area contributed by atoms with Crippen molar-refractivity contribution in [3.05, 3.63) is 0 Å². The molecule has 0 heterocycles. The molecule has 12 heavy (non-hydrogen) atoms. The van der Waals surface area contributed by atoms with Crippen LogP contribution in [0.25, 0.3) is 0 Å². The molecule has 3 heteroatoms. The molecule has 0 aromatic rings. The predicted octanol–water partition coefficient (Wildman–Crippen LogP) is 1.34. The van der Waals surface area contributed by atoms with Crippen molar-refractivity contribution in [1.29, 1.82) is 0 Å². The Labute approximate surface area is 74.4 Å². The molecular weight excluding hydrogens is 154 g/mol. The first-order valence-electron chi connectivity index (χ1n) is 4.69. The van der Waals surface area contributed by atoms with Crippen LogP contribution >= 0.6 is 0 Å². The van der Waals surface area contributed by atoms with Crippen molar-refractivity contribution in [2.75, 3.05) is 20.3 Å². The van der Waals surface area contributed by atoms with Crippen LogP contribution in [0, 0.1) is 5.92 Å². The Morgan fingerprint density at radius 3 is 2.75 bits per heavy atom. The normalized spacial score (nSPS) is 29.5. The van der Waals surface area contributed by atoms with Crippen LogP contribution in [0.5, 0.6) is 0 Å². The SMILES string of the molecule is COCCONC1CCC(C)C1. The van der Waals surface area contributed by atoms with Gasteiger partial charge in [0.25, 0.3) is 0 Å². The van der Waals surface area contributed by atoms with Gasteiger partial charge < -0.3 is 4.74 Å². The molecular formula is C9H19NO2. The minimum atomic E-state index is 0.567. The summed E-state index contributed by atoms with van der Waals surface area (Å²) in [5, 5.41) is 0. The third kappa shape index (κ3) is 3.52. The number of nitrogens with one attached hydrogen (secondary N) is 1. The molecule has 0 aliphatic heterocycles. The van der Waals surface area contributed by atoms with Crippen molar-refractivity contribution in [3.63, 3.8) is 0 Å². The van der Waals surface area contributed by atoms with Gasteiger partial charge in [0.05, 0.1) is 13.2 Å². The third-order valence-corrected chi connectivity index (χ3v) is 2.33. The molecule has 72 valence electrons. The van der Waals surface area contributed by atoms with Gasteiger partial charge in [-0.25, -0.2) is 0 Å². The average Bonchev–Trinajstić information content (AvgIpc) is 2.45. The Bertz CT molecular complexity index is 119. The minimum Gasteiger partial charge on any atom is -0.382 e. The van der Waals surface area contributed by atoms with Gasteiger partial charge in [-0.1, -0.05) is 6.92 Å². The van der Waals surface area contributed by atoms with E-state index >= 15 is 0 Å². The van der Waals surface area contributed by atoms with E-state index in [1.54, 1.807) is 7.11 Å². The van der Waals surface area contributed by atoms with Gasteiger partial charge in [-0.05, 0) is 25.2 Å². The van der Waals surface area contributed by atoms with Crippen LogP contribution in [0.4, 0.5) is 0 Å². The van der Waals surface area contributed by atoms with Crippen LogP contribution in [0.15, 0.2) is 0 Å². The van der Waals surface area contributed by atoms with Gasteiger partial charge in [0.1, 0.15) is 0 Å². The number of hydrogen-bond acceptors (Lipinski definition) is 3. The highest BCUT2D eigenvalue weighted by Gasteiger charge is 2.20. The Hall–Kier alpha value is -0.120. The zero-order chi connectivity index (χ0) is 8.81. The van der Waals surface area contributed by atoms with E-state index in [2.05, 4.69) is 12.4 Å². The van der Waals surface area contributed by atoms with E-state index in [1.807, 2.05) is 0 Å². The smallest absolute Gasteiger partial charge is 0.0915 e. The summed E-state index contributed by atoms with van der Waals surface area (Å²) in [6.07, 6.45) is 3.81. The molecule has 0 bridgehead atoms. The highest BCUT2D eigenvalue weighted by Crippen LogP contribution is 2.24. The number of hydroxylamine groups is 1. The van der Waals surface area contributed by atoms with E-state index in [0.717, 1.165) is 5.92 Å². The molecule has 1 N–H and O–H groups in total. The Morgan fingerprint density at radius 2 is 2.17 bits per heavy atom. The summed E-state index contributed by atoms with van der Waals surface area (Å²) in [7, 11) is 1.68. The average molecular weight is 173 g/mol. The van der Waals surface area contributed by atoms with E-state index in [9.17, 15) is 0 Å². The van der Waals surface area contributed by atoms with E-state index in [4.69, 9.17) is 9.57 Å². The van der Waals surface area contributed by atoms with Gasteiger partial charge in [0, 0.05) is 13.2 Å². The topological polar surface area (TPSA) is 30.5 Å². The highest BCUT2D eigenvalue weighted by molar-refractivity contribution is 4.75. The first-order chi connectivity index (χ1) is 5.83. The van der Waals surface area contributed by atoms with E-state index in [1.165, 1.54) is 19.3 Å². The lowest BCUT2D eigenvalue weighted by atomic mass is 10.1. The van der Waals surface area contributed by atoms with E-state index in [0.29, 0.717) is 19.3 Å². The van der Waals surface area contributed by atoms with Crippen molar-refractivity contribution >= 4 is 0 Å². The maximum absolute atomic E-state index is 5.23. The Kier molecular flexibility index (Phi) is 4.58. The summed E-state index contributed by atoms with van der Waals surface area (Å²) in [6, 6.07) is 0.567. The summed E-state index contributed by atoms with van der Waals surface area (Å²) < 4.78 is 4.86. The fourth-order valence-corrected chi connectivity index (χ4v) is 1.62. The molecule has 2 unspecified atom stereocenters. The van der Waals surface area contributed by atoms with Crippen LogP contribution < -0.4 is 5.48 Å². The van der Waals surface area contributed by atoms with Crippen molar-refractivity contribution in [2.45, 2.75) is 32.2 Å². The van der Waals surface area contributed by atoms with Gasteiger partial charge in [-0.3, -0.25) is 4.84 Å². The lowest BCUT2D eigenvalue weighted by Crippen LogP contribution is -2.28. The number of rotatable bonds is 5. The molecule has 0 saturated heterocycles. The summed E-state index contributed by atoms with van der Waals surface area (Å²) in [4.78, 5) is 5.23. The fraction of sp³-hybridized carbons (Fsp3) is 1.00. The van der Waals surface area contributed by atoms with E-state index < -0.39 is 0 Å². The summed E-state index contributed by atoms with van der Waals surface area (Å²) >= 11 is 0. The van der Waals surface area contributed by atoms with Crippen molar-refractivity contribution in [3.8, 4) is 0 Å². The maximum Gasteiger partial charge on any atom is 0.0915 e. The summed E-state index contributed by atoms with van der Waals surface area (Å²) in [5.41, 5.74) is 3.07. The minimum absolute atomic E-state index is 0.567. The molecule has 0 amide bonds. The first-order valence-corrected chi connectivity index (χ1v) is 4.69. The summed E-state index contributed by atoms with van der Waals surface area (Å²) in [6.45, 7) is 3.59. The lowest BCUT2D eigenvalue weighted by Gasteiger charge is -2.11.